The standard InChI is InChI=1S/C10H13N5/c11-9-2-1-3-10(8-9)12-4-6-15-7-5-13-14-15/h1-3,5,7-8,12H,4,6,11H2. The molecule has 1 aromatic carbocycles. The van der Waals surface area contributed by atoms with Crippen LogP contribution in [0.5, 0.6) is 0 Å². The van der Waals surface area contributed by atoms with E-state index in [1.165, 1.54) is 0 Å². The number of nitrogens with two attached hydrogens (primary N) is 1. The fraction of sp³-hybridized carbons (Fsp3) is 0.200. The van der Waals surface area contributed by atoms with E-state index in [1.54, 1.807) is 10.9 Å². The summed E-state index contributed by atoms with van der Waals surface area (Å²) in [6, 6.07) is 7.68. The first kappa shape index (κ1) is 9.51. The summed E-state index contributed by atoms with van der Waals surface area (Å²) in [6.45, 7) is 1.58. The zero-order valence-electron chi connectivity index (χ0n) is 8.30. The molecule has 0 saturated heterocycles. The average Bonchev–Trinajstić information content (AvgIpc) is 2.71. The predicted molar refractivity (Wildman–Crippen MR) is 59.4 cm³/mol. The van der Waals surface area contributed by atoms with Crippen LogP contribution in [0.25, 0.3) is 0 Å². The van der Waals surface area contributed by atoms with E-state index in [-0.39, 0.29) is 0 Å². The van der Waals surface area contributed by atoms with Crippen molar-refractivity contribution in [1.29, 1.82) is 0 Å². The zero-order chi connectivity index (χ0) is 10.5. The molecule has 0 aliphatic heterocycles. The highest BCUT2D eigenvalue weighted by molar-refractivity contribution is 5.53. The first-order chi connectivity index (χ1) is 7.34. The summed E-state index contributed by atoms with van der Waals surface area (Å²) >= 11 is 0. The molecule has 5 nitrogen and oxygen atoms in total. The largest absolute Gasteiger partial charge is 0.399 e. The summed E-state index contributed by atoms with van der Waals surface area (Å²) in [6.07, 6.45) is 3.50. The number of anilines is 2. The molecule has 0 unspecified atom stereocenters. The van der Waals surface area contributed by atoms with Crippen molar-refractivity contribution in [3.05, 3.63) is 36.7 Å². The van der Waals surface area contributed by atoms with Crippen molar-refractivity contribution in [1.82, 2.24) is 15.0 Å². The molecule has 78 valence electrons. The van der Waals surface area contributed by atoms with E-state index < -0.39 is 0 Å². The van der Waals surface area contributed by atoms with Gasteiger partial charge in [-0.25, -0.2) is 0 Å². The molecular formula is C10H13N5. The van der Waals surface area contributed by atoms with Crippen LogP contribution in [-0.4, -0.2) is 21.5 Å². The molecule has 0 saturated carbocycles. The van der Waals surface area contributed by atoms with Crippen LogP contribution in [0, 0.1) is 0 Å². The number of nitrogens with zero attached hydrogens (tertiary/aromatic N) is 3. The minimum Gasteiger partial charge on any atom is -0.399 e. The molecule has 1 heterocycles. The molecule has 0 amide bonds. The van der Waals surface area contributed by atoms with Gasteiger partial charge in [-0.2, -0.15) is 0 Å². The Labute approximate surface area is 87.9 Å². The molecule has 2 rings (SSSR count). The molecule has 0 spiro atoms. The Morgan fingerprint density at radius 3 is 3.07 bits per heavy atom. The summed E-state index contributed by atoms with van der Waals surface area (Å²) in [5, 5.41) is 10.8. The number of nitrogen functional groups attached to an aromatic ring is 1. The highest BCUT2D eigenvalue weighted by Gasteiger charge is 1.93. The van der Waals surface area contributed by atoms with E-state index in [0.717, 1.165) is 24.5 Å². The molecule has 0 aliphatic rings. The second-order valence-electron chi connectivity index (χ2n) is 3.22. The smallest absolute Gasteiger partial charge is 0.0692 e. The number of rotatable bonds is 4. The van der Waals surface area contributed by atoms with Gasteiger partial charge >= 0.3 is 0 Å². The summed E-state index contributed by atoms with van der Waals surface area (Å²) in [5.74, 6) is 0. The van der Waals surface area contributed by atoms with E-state index in [1.807, 2.05) is 30.5 Å². The highest BCUT2D eigenvalue weighted by Crippen LogP contribution is 2.10. The topological polar surface area (TPSA) is 68.8 Å². The summed E-state index contributed by atoms with van der Waals surface area (Å²) in [5.41, 5.74) is 7.45. The van der Waals surface area contributed by atoms with Gasteiger partial charge in [0.05, 0.1) is 12.7 Å². The van der Waals surface area contributed by atoms with E-state index in [0.29, 0.717) is 0 Å². The lowest BCUT2D eigenvalue weighted by Gasteiger charge is -2.06. The molecular weight excluding hydrogens is 190 g/mol. The van der Waals surface area contributed by atoms with Crippen LogP contribution in [0.15, 0.2) is 36.7 Å². The highest BCUT2D eigenvalue weighted by atomic mass is 15.4. The Morgan fingerprint density at radius 1 is 1.40 bits per heavy atom. The number of nitrogens with one attached hydrogen (secondary N) is 1. The van der Waals surface area contributed by atoms with Crippen molar-refractivity contribution >= 4 is 11.4 Å². The Morgan fingerprint density at radius 2 is 2.33 bits per heavy atom. The maximum absolute atomic E-state index is 5.66. The van der Waals surface area contributed by atoms with Crippen molar-refractivity contribution in [2.75, 3.05) is 17.6 Å². The van der Waals surface area contributed by atoms with Gasteiger partial charge in [-0.3, -0.25) is 4.68 Å². The number of hydrogen-bond donors (Lipinski definition) is 2. The second-order valence-corrected chi connectivity index (χ2v) is 3.22. The van der Waals surface area contributed by atoms with Crippen LogP contribution in [0.1, 0.15) is 0 Å². The summed E-state index contributed by atoms with van der Waals surface area (Å²) in [4.78, 5) is 0. The van der Waals surface area contributed by atoms with E-state index in [9.17, 15) is 0 Å². The van der Waals surface area contributed by atoms with Crippen molar-refractivity contribution in [2.24, 2.45) is 0 Å². The monoisotopic (exact) mass is 203 g/mol. The van der Waals surface area contributed by atoms with Gasteiger partial charge in [0.25, 0.3) is 0 Å². The fourth-order valence-corrected chi connectivity index (χ4v) is 1.32. The van der Waals surface area contributed by atoms with Crippen molar-refractivity contribution in [2.45, 2.75) is 6.54 Å². The van der Waals surface area contributed by atoms with Crippen LogP contribution < -0.4 is 11.1 Å². The first-order valence-electron chi connectivity index (χ1n) is 4.78. The number of aromatic nitrogens is 3. The van der Waals surface area contributed by atoms with Crippen molar-refractivity contribution < 1.29 is 0 Å². The predicted octanol–water partition coefficient (Wildman–Crippen LogP) is 0.972. The van der Waals surface area contributed by atoms with E-state index >= 15 is 0 Å². The van der Waals surface area contributed by atoms with Crippen LogP contribution in [0.3, 0.4) is 0 Å². The Balaban J connectivity index is 1.83. The first-order valence-corrected chi connectivity index (χ1v) is 4.78. The number of benzene rings is 1. The molecule has 2 aromatic rings. The Hall–Kier alpha value is -2.04. The fourth-order valence-electron chi connectivity index (χ4n) is 1.32. The van der Waals surface area contributed by atoms with Crippen molar-refractivity contribution in [3.63, 3.8) is 0 Å². The van der Waals surface area contributed by atoms with Crippen molar-refractivity contribution in [3.8, 4) is 0 Å². The third-order valence-electron chi connectivity index (χ3n) is 2.03. The maximum Gasteiger partial charge on any atom is 0.0692 e. The lowest BCUT2D eigenvalue weighted by atomic mass is 10.3. The van der Waals surface area contributed by atoms with Gasteiger partial charge in [-0.05, 0) is 18.2 Å². The van der Waals surface area contributed by atoms with Gasteiger partial charge in [-0.1, -0.05) is 11.3 Å². The molecule has 0 aliphatic carbocycles. The molecule has 0 fully saturated rings. The second kappa shape index (κ2) is 4.45. The Kier molecular flexibility index (Phi) is 2.82. The van der Waals surface area contributed by atoms with Gasteiger partial charge in [0.2, 0.25) is 0 Å². The summed E-state index contributed by atoms with van der Waals surface area (Å²) < 4.78 is 1.78. The SMILES string of the molecule is Nc1cccc(NCCn2ccnn2)c1. The van der Waals surface area contributed by atoms with E-state index in [4.69, 9.17) is 5.73 Å². The van der Waals surface area contributed by atoms with Crippen LogP contribution in [0.2, 0.25) is 0 Å². The number of hydrogen-bond acceptors (Lipinski definition) is 4. The molecule has 1 aromatic heterocycles. The third kappa shape index (κ3) is 2.70. The lowest BCUT2D eigenvalue weighted by molar-refractivity contribution is 0.609. The van der Waals surface area contributed by atoms with E-state index in [2.05, 4.69) is 15.6 Å². The molecule has 0 radical (unpaired) electrons. The minimum atomic E-state index is 0.765. The van der Waals surface area contributed by atoms with Gasteiger partial charge in [0.1, 0.15) is 0 Å². The lowest BCUT2D eigenvalue weighted by Crippen LogP contribution is -2.11. The minimum absolute atomic E-state index is 0.765. The summed E-state index contributed by atoms with van der Waals surface area (Å²) in [7, 11) is 0. The molecule has 15 heavy (non-hydrogen) atoms. The quantitative estimate of drug-likeness (QED) is 0.726. The molecule has 0 bridgehead atoms. The van der Waals surface area contributed by atoms with Crippen LogP contribution in [-0.2, 0) is 6.54 Å². The third-order valence-corrected chi connectivity index (χ3v) is 2.03. The van der Waals surface area contributed by atoms with Gasteiger partial charge < -0.3 is 11.1 Å². The molecule has 0 atom stereocenters. The maximum atomic E-state index is 5.66. The van der Waals surface area contributed by atoms with Gasteiger partial charge in [-0.15, -0.1) is 5.10 Å². The average molecular weight is 203 g/mol. The van der Waals surface area contributed by atoms with Gasteiger partial charge in [0.15, 0.2) is 0 Å². The normalized spacial score (nSPS) is 10.1. The molecule has 3 N–H and O–H groups in total. The Bertz CT molecular complexity index is 410. The zero-order valence-corrected chi connectivity index (χ0v) is 8.30. The molecule has 5 heteroatoms. The van der Waals surface area contributed by atoms with Crippen LogP contribution in [0.4, 0.5) is 11.4 Å². The van der Waals surface area contributed by atoms with Crippen LogP contribution >= 0.6 is 0 Å². The van der Waals surface area contributed by atoms with Gasteiger partial charge in [0, 0.05) is 24.1 Å².